The molecule has 0 spiro atoms. The third-order valence-corrected chi connectivity index (χ3v) is 4.25. The van der Waals surface area contributed by atoms with E-state index in [1.165, 1.54) is 0 Å². The van der Waals surface area contributed by atoms with Crippen molar-refractivity contribution in [2.24, 2.45) is 5.92 Å². The molecule has 0 radical (unpaired) electrons. The molecule has 0 bridgehead atoms. The molecule has 3 rings (SSSR count). The van der Waals surface area contributed by atoms with Gasteiger partial charge in [0.15, 0.2) is 0 Å². The maximum absolute atomic E-state index is 12.6. The van der Waals surface area contributed by atoms with Gasteiger partial charge in [0, 0.05) is 30.8 Å². The lowest BCUT2D eigenvalue weighted by Gasteiger charge is -2.18. The van der Waals surface area contributed by atoms with Crippen LogP contribution in [0.15, 0.2) is 18.2 Å². The summed E-state index contributed by atoms with van der Waals surface area (Å²) < 4.78 is 10.4. The molecule has 2 aliphatic rings. The lowest BCUT2D eigenvalue weighted by atomic mass is 10.1. The summed E-state index contributed by atoms with van der Waals surface area (Å²) in [5.74, 6) is 1.94. The molecule has 0 unspecified atom stereocenters. The lowest BCUT2D eigenvalue weighted by molar-refractivity contribution is 0.0782. The maximum atomic E-state index is 12.6. The first-order valence-corrected chi connectivity index (χ1v) is 6.97. The number of carbonyl (C=O) groups is 1. The molecular weight excluding hydrogens is 256 g/mol. The monoisotopic (exact) mass is 276 g/mol. The van der Waals surface area contributed by atoms with Crippen LogP contribution in [0.25, 0.3) is 0 Å². The van der Waals surface area contributed by atoms with Gasteiger partial charge < -0.3 is 19.7 Å². The van der Waals surface area contributed by atoms with Crippen LogP contribution >= 0.6 is 0 Å². The number of methoxy groups -OCH3 is 2. The number of ether oxygens (including phenoxy) is 2. The lowest BCUT2D eigenvalue weighted by Crippen LogP contribution is -2.33. The SMILES string of the molecule is COc1cc(OC)cc(C(=O)N2C[C@@H]3CCN[C@@H]3C2)c1. The van der Waals surface area contributed by atoms with Crippen LogP contribution in [0, 0.1) is 5.92 Å². The Kier molecular flexibility index (Phi) is 3.53. The number of amides is 1. The van der Waals surface area contributed by atoms with Crippen LogP contribution in [-0.2, 0) is 0 Å². The molecule has 2 atom stereocenters. The number of carbonyl (C=O) groups excluding carboxylic acids is 1. The van der Waals surface area contributed by atoms with Crippen LogP contribution in [-0.4, -0.2) is 50.7 Å². The average molecular weight is 276 g/mol. The second-order valence-corrected chi connectivity index (χ2v) is 5.42. The Hall–Kier alpha value is -1.75. The van der Waals surface area contributed by atoms with Gasteiger partial charge in [0.1, 0.15) is 11.5 Å². The second kappa shape index (κ2) is 5.32. The van der Waals surface area contributed by atoms with Crippen LogP contribution < -0.4 is 14.8 Å². The van der Waals surface area contributed by atoms with Crippen LogP contribution in [0.4, 0.5) is 0 Å². The van der Waals surface area contributed by atoms with E-state index < -0.39 is 0 Å². The van der Waals surface area contributed by atoms with Gasteiger partial charge >= 0.3 is 0 Å². The van der Waals surface area contributed by atoms with Crippen molar-refractivity contribution in [3.63, 3.8) is 0 Å². The number of rotatable bonds is 3. The van der Waals surface area contributed by atoms with E-state index in [4.69, 9.17) is 9.47 Å². The Labute approximate surface area is 118 Å². The third kappa shape index (κ3) is 2.33. The van der Waals surface area contributed by atoms with Crippen molar-refractivity contribution in [2.75, 3.05) is 33.9 Å². The van der Waals surface area contributed by atoms with Crippen molar-refractivity contribution in [3.8, 4) is 11.5 Å². The third-order valence-electron chi connectivity index (χ3n) is 4.25. The summed E-state index contributed by atoms with van der Waals surface area (Å²) in [6.07, 6.45) is 1.16. The van der Waals surface area contributed by atoms with Gasteiger partial charge in [-0.15, -0.1) is 0 Å². The minimum atomic E-state index is 0.0541. The molecule has 1 aromatic carbocycles. The van der Waals surface area contributed by atoms with Crippen LogP contribution in [0.2, 0.25) is 0 Å². The van der Waals surface area contributed by atoms with Crippen molar-refractivity contribution in [2.45, 2.75) is 12.5 Å². The smallest absolute Gasteiger partial charge is 0.254 e. The minimum absolute atomic E-state index is 0.0541. The highest BCUT2D eigenvalue weighted by Gasteiger charge is 2.38. The predicted octanol–water partition coefficient (Wildman–Crippen LogP) is 1.14. The molecule has 2 saturated heterocycles. The number of nitrogens with zero attached hydrogens (tertiary/aromatic N) is 1. The fraction of sp³-hybridized carbons (Fsp3) is 0.533. The molecule has 1 N–H and O–H groups in total. The van der Waals surface area contributed by atoms with Gasteiger partial charge in [0.25, 0.3) is 5.91 Å². The first kappa shape index (κ1) is 13.2. The Morgan fingerprint density at radius 1 is 1.20 bits per heavy atom. The number of hydrogen-bond acceptors (Lipinski definition) is 4. The Bertz CT molecular complexity index is 484. The molecule has 0 aromatic heterocycles. The highest BCUT2D eigenvalue weighted by molar-refractivity contribution is 5.95. The van der Waals surface area contributed by atoms with Crippen LogP contribution in [0.1, 0.15) is 16.8 Å². The number of hydrogen-bond donors (Lipinski definition) is 1. The van der Waals surface area contributed by atoms with E-state index in [0.717, 1.165) is 26.1 Å². The molecule has 5 heteroatoms. The summed E-state index contributed by atoms with van der Waals surface area (Å²) in [6.45, 7) is 2.71. The maximum Gasteiger partial charge on any atom is 0.254 e. The molecule has 2 fully saturated rings. The molecule has 1 aromatic rings. The van der Waals surface area contributed by atoms with Crippen LogP contribution in [0.5, 0.6) is 11.5 Å². The van der Waals surface area contributed by atoms with Gasteiger partial charge in [0.05, 0.1) is 14.2 Å². The molecule has 5 nitrogen and oxygen atoms in total. The van der Waals surface area contributed by atoms with Crippen molar-refractivity contribution in [1.29, 1.82) is 0 Å². The van der Waals surface area contributed by atoms with E-state index in [-0.39, 0.29) is 5.91 Å². The Morgan fingerprint density at radius 2 is 1.90 bits per heavy atom. The van der Waals surface area contributed by atoms with Gasteiger partial charge in [-0.25, -0.2) is 0 Å². The number of likely N-dealkylation sites (tertiary alicyclic amines) is 1. The molecule has 2 heterocycles. The summed E-state index contributed by atoms with van der Waals surface area (Å²) in [5, 5.41) is 3.46. The van der Waals surface area contributed by atoms with Gasteiger partial charge in [-0.3, -0.25) is 4.79 Å². The normalized spacial score (nSPS) is 24.6. The molecule has 108 valence electrons. The summed E-state index contributed by atoms with van der Waals surface area (Å²) in [7, 11) is 3.18. The Morgan fingerprint density at radius 3 is 2.50 bits per heavy atom. The second-order valence-electron chi connectivity index (χ2n) is 5.42. The first-order valence-electron chi connectivity index (χ1n) is 6.97. The molecule has 0 aliphatic carbocycles. The summed E-state index contributed by atoms with van der Waals surface area (Å²) >= 11 is 0. The minimum Gasteiger partial charge on any atom is -0.497 e. The van der Waals surface area contributed by atoms with E-state index in [0.29, 0.717) is 29.0 Å². The standard InChI is InChI=1S/C15H20N2O3/c1-19-12-5-11(6-13(7-12)20-2)15(18)17-8-10-3-4-16-14(10)9-17/h5-7,10,14,16H,3-4,8-9H2,1-2H3/t10-,14+/m0/s1. The predicted molar refractivity (Wildman–Crippen MR) is 75.3 cm³/mol. The number of benzene rings is 1. The zero-order chi connectivity index (χ0) is 14.1. The molecule has 2 aliphatic heterocycles. The van der Waals surface area contributed by atoms with Crippen LogP contribution in [0.3, 0.4) is 0 Å². The topological polar surface area (TPSA) is 50.8 Å². The van der Waals surface area contributed by atoms with Gasteiger partial charge in [-0.2, -0.15) is 0 Å². The highest BCUT2D eigenvalue weighted by Crippen LogP contribution is 2.28. The van der Waals surface area contributed by atoms with Gasteiger partial charge in [-0.05, 0) is 31.0 Å². The van der Waals surface area contributed by atoms with E-state index in [2.05, 4.69) is 5.32 Å². The zero-order valence-corrected chi connectivity index (χ0v) is 11.9. The fourth-order valence-electron chi connectivity index (χ4n) is 3.13. The van der Waals surface area contributed by atoms with E-state index in [9.17, 15) is 4.79 Å². The number of fused-ring (bicyclic) bond motifs is 1. The average Bonchev–Trinajstić information content (AvgIpc) is 3.07. The highest BCUT2D eigenvalue weighted by atomic mass is 16.5. The van der Waals surface area contributed by atoms with Crippen molar-refractivity contribution < 1.29 is 14.3 Å². The quantitative estimate of drug-likeness (QED) is 0.899. The summed E-state index contributed by atoms with van der Waals surface area (Å²) in [5.41, 5.74) is 0.626. The Balaban J connectivity index is 1.80. The zero-order valence-electron chi connectivity index (χ0n) is 11.9. The van der Waals surface area contributed by atoms with Gasteiger partial charge in [-0.1, -0.05) is 0 Å². The van der Waals surface area contributed by atoms with Crippen molar-refractivity contribution in [1.82, 2.24) is 10.2 Å². The summed E-state index contributed by atoms with van der Waals surface area (Å²) in [4.78, 5) is 14.5. The largest absolute Gasteiger partial charge is 0.497 e. The molecular formula is C15H20N2O3. The van der Waals surface area contributed by atoms with E-state index in [1.807, 2.05) is 4.90 Å². The first-order chi connectivity index (χ1) is 9.71. The molecule has 0 saturated carbocycles. The van der Waals surface area contributed by atoms with Crippen molar-refractivity contribution in [3.05, 3.63) is 23.8 Å². The van der Waals surface area contributed by atoms with E-state index in [1.54, 1.807) is 32.4 Å². The molecule has 1 amide bonds. The van der Waals surface area contributed by atoms with Crippen molar-refractivity contribution >= 4 is 5.91 Å². The summed E-state index contributed by atoms with van der Waals surface area (Å²) in [6, 6.07) is 5.78. The van der Waals surface area contributed by atoms with Gasteiger partial charge in [0.2, 0.25) is 0 Å². The van der Waals surface area contributed by atoms with E-state index >= 15 is 0 Å². The molecule has 20 heavy (non-hydrogen) atoms. The number of nitrogens with one attached hydrogen (secondary N) is 1. The fourth-order valence-corrected chi connectivity index (χ4v) is 3.13.